The van der Waals surface area contributed by atoms with E-state index in [4.69, 9.17) is 0 Å². The standard InChI is InChI=1S/C14H19NO8S2/c1-3-7(16)5-8-9-6-10(13(8)24(18,19)20)12(15-11(17)4-2)14(9)25(21,22)23/h3-4,8-10,12-14H,1-2,5-6H2,(H,15,17)(H,18,19,20)(H,21,22,23). The first kappa shape index (κ1) is 19.8. The Kier molecular flexibility index (Phi) is 5.24. The van der Waals surface area contributed by atoms with E-state index in [2.05, 4.69) is 18.5 Å². The zero-order chi connectivity index (χ0) is 19.2. The van der Waals surface area contributed by atoms with Crippen molar-refractivity contribution in [1.29, 1.82) is 0 Å². The average Bonchev–Trinajstić information content (AvgIpc) is 3.00. The lowest BCUT2D eigenvalue weighted by Gasteiger charge is -2.38. The summed E-state index contributed by atoms with van der Waals surface area (Å²) in [5.41, 5.74) is 0. The monoisotopic (exact) mass is 393 g/mol. The van der Waals surface area contributed by atoms with E-state index in [1.54, 1.807) is 0 Å². The summed E-state index contributed by atoms with van der Waals surface area (Å²) in [7, 11) is -9.26. The molecule has 140 valence electrons. The maximum atomic E-state index is 11.8. The molecule has 0 spiro atoms. The van der Waals surface area contributed by atoms with Crippen molar-refractivity contribution >= 4 is 31.9 Å². The molecule has 2 fully saturated rings. The van der Waals surface area contributed by atoms with Crippen LogP contribution in [-0.4, -0.2) is 54.2 Å². The molecule has 25 heavy (non-hydrogen) atoms. The molecule has 2 bridgehead atoms. The van der Waals surface area contributed by atoms with Gasteiger partial charge in [0.1, 0.15) is 5.25 Å². The highest BCUT2D eigenvalue weighted by atomic mass is 32.2. The van der Waals surface area contributed by atoms with Crippen molar-refractivity contribution in [2.45, 2.75) is 29.4 Å². The van der Waals surface area contributed by atoms with Gasteiger partial charge in [-0.15, -0.1) is 0 Å². The topological polar surface area (TPSA) is 155 Å². The Morgan fingerprint density at radius 3 is 2.00 bits per heavy atom. The van der Waals surface area contributed by atoms with Crippen LogP contribution in [0, 0.1) is 17.8 Å². The summed E-state index contributed by atoms with van der Waals surface area (Å²) in [5, 5.41) is -0.562. The lowest BCUT2D eigenvalue weighted by molar-refractivity contribution is -0.118. The molecule has 1 amide bonds. The molecule has 0 aliphatic heterocycles. The van der Waals surface area contributed by atoms with Gasteiger partial charge in [0.15, 0.2) is 5.78 Å². The van der Waals surface area contributed by atoms with Gasteiger partial charge in [-0.05, 0) is 30.4 Å². The molecule has 6 atom stereocenters. The smallest absolute Gasteiger partial charge is 0.270 e. The van der Waals surface area contributed by atoms with Gasteiger partial charge in [-0.1, -0.05) is 13.2 Å². The molecular formula is C14H19NO8S2. The van der Waals surface area contributed by atoms with E-state index in [9.17, 15) is 35.5 Å². The van der Waals surface area contributed by atoms with Crippen molar-refractivity contribution in [1.82, 2.24) is 5.32 Å². The van der Waals surface area contributed by atoms with Crippen molar-refractivity contribution < 1.29 is 35.5 Å². The number of hydrogen-bond acceptors (Lipinski definition) is 6. The molecule has 2 rings (SSSR count). The number of hydrogen-bond donors (Lipinski definition) is 3. The summed E-state index contributed by atoms with van der Waals surface area (Å²) in [5.74, 6) is -4.12. The Hall–Kier alpha value is -1.56. The van der Waals surface area contributed by atoms with Gasteiger partial charge in [-0.25, -0.2) is 0 Å². The Labute approximate surface area is 145 Å². The van der Waals surface area contributed by atoms with Gasteiger partial charge < -0.3 is 5.32 Å². The maximum Gasteiger partial charge on any atom is 0.270 e. The third-order valence-electron chi connectivity index (χ3n) is 5.02. The van der Waals surface area contributed by atoms with Crippen LogP contribution in [0.3, 0.4) is 0 Å². The van der Waals surface area contributed by atoms with Crippen molar-refractivity contribution in [2.75, 3.05) is 0 Å². The van der Waals surface area contributed by atoms with Gasteiger partial charge in [-0.3, -0.25) is 18.7 Å². The van der Waals surface area contributed by atoms with Gasteiger partial charge in [0, 0.05) is 12.3 Å². The highest BCUT2D eigenvalue weighted by Crippen LogP contribution is 2.54. The lowest BCUT2D eigenvalue weighted by Crippen LogP contribution is -2.57. The van der Waals surface area contributed by atoms with E-state index >= 15 is 0 Å². The van der Waals surface area contributed by atoms with Crippen LogP contribution in [0.5, 0.6) is 0 Å². The number of carbonyl (C=O) groups is 2. The van der Waals surface area contributed by atoms with E-state index in [-0.39, 0.29) is 12.8 Å². The third kappa shape index (κ3) is 3.68. The number of carbonyl (C=O) groups excluding carboxylic acids is 2. The minimum Gasteiger partial charge on any atom is -0.348 e. The Balaban J connectivity index is 2.50. The first-order valence-electron chi connectivity index (χ1n) is 7.42. The minimum absolute atomic E-state index is 0.0199. The first-order valence-corrected chi connectivity index (χ1v) is 10.4. The summed E-state index contributed by atoms with van der Waals surface area (Å²) in [6.45, 7) is 6.53. The molecule has 11 heteroatoms. The normalized spacial score (nSPS) is 34.5. The van der Waals surface area contributed by atoms with E-state index in [1.165, 1.54) is 0 Å². The molecule has 2 saturated carbocycles. The molecule has 0 aromatic carbocycles. The van der Waals surface area contributed by atoms with Crippen LogP contribution in [0.15, 0.2) is 25.3 Å². The molecule has 2 aliphatic carbocycles. The van der Waals surface area contributed by atoms with Crippen LogP contribution >= 0.6 is 0 Å². The van der Waals surface area contributed by atoms with Crippen LogP contribution in [0.4, 0.5) is 0 Å². The molecule has 9 nitrogen and oxygen atoms in total. The van der Waals surface area contributed by atoms with Gasteiger partial charge >= 0.3 is 0 Å². The van der Waals surface area contributed by atoms with E-state index in [0.717, 1.165) is 12.2 Å². The van der Waals surface area contributed by atoms with Gasteiger partial charge in [-0.2, -0.15) is 16.8 Å². The van der Waals surface area contributed by atoms with Crippen molar-refractivity contribution in [3.8, 4) is 0 Å². The second-order valence-electron chi connectivity index (χ2n) is 6.30. The summed E-state index contributed by atoms with van der Waals surface area (Å²) in [4.78, 5) is 23.3. The molecule has 6 unspecified atom stereocenters. The predicted molar refractivity (Wildman–Crippen MR) is 87.7 cm³/mol. The predicted octanol–water partition coefficient (Wildman–Crippen LogP) is -0.419. The molecule has 2 aliphatic rings. The quantitative estimate of drug-likeness (QED) is 0.389. The SMILES string of the molecule is C=CC(=O)CC1C2CC(C(NC(=O)C=C)C2S(=O)(=O)O)C1S(=O)(=O)O. The number of amides is 1. The Morgan fingerprint density at radius 1 is 1.00 bits per heavy atom. The number of allylic oxidation sites excluding steroid dienone is 1. The van der Waals surface area contributed by atoms with Crippen LogP contribution in [0.1, 0.15) is 12.8 Å². The molecule has 0 radical (unpaired) electrons. The zero-order valence-corrected chi connectivity index (χ0v) is 14.7. The minimum atomic E-state index is -4.64. The lowest BCUT2D eigenvalue weighted by atomic mass is 9.82. The van der Waals surface area contributed by atoms with Crippen LogP contribution in [0.2, 0.25) is 0 Å². The molecule has 3 N–H and O–H groups in total. The van der Waals surface area contributed by atoms with E-state index in [1.807, 2.05) is 0 Å². The number of fused-ring (bicyclic) bond motifs is 2. The van der Waals surface area contributed by atoms with Gasteiger partial charge in [0.2, 0.25) is 5.91 Å². The molecule has 0 aromatic rings. The summed E-state index contributed by atoms with van der Waals surface area (Å²) >= 11 is 0. The fourth-order valence-corrected chi connectivity index (χ4v) is 7.12. The van der Waals surface area contributed by atoms with E-state index in [0.29, 0.717) is 0 Å². The number of rotatable bonds is 7. The fraction of sp³-hybridized carbons (Fsp3) is 0.571. The van der Waals surface area contributed by atoms with Crippen LogP contribution in [-0.2, 0) is 29.8 Å². The molecule has 0 saturated heterocycles. The van der Waals surface area contributed by atoms with Gasteiger partial charge in [0.25, 0.3) is 20.2 Å². The summed E-state index contributed by atoms with van der Waals surface area (Å²) < 4.78 is 66.5. The first-order chi connectivity index (χ1) is 11.4. The van der Waals surface area contributed by atoms with Crippen molar-refractivity contribution in [2.24, 2.45) is 17.8 Å². The molecule has 0 aromatic heterocycles. The summed E-state index contributed by atoms with van der Waals surface area (Å²) in [6.07, 6.45) is 1.55. The number of nitrogens with one attached hydrogen (secondary N) is 1. The van der Waals surface area contributed by atoms with E-state index < -0.39 is 66.2 Å². The number of ketones is 1. The van der Waals surface area contributed by atoms with Gasteiger partial charge in [0.05, 0.1) is 11.3 Å². The third-order valence-corrected chi connectivity index (χ3v) is 7.74. The zero-order valence-electron chi connectivity index (χ0n) is 13.1. The maximum absolute atomic E-state index is 11.8. The Morgan fingerprint density at radius 2 is 1.56 bits per heavy atom. The highest BCUT2D eigenvalue weighted by molar-refractivity contribution is 7.87. The largest absolute Gasteiger partial charge is 0.348 e. The van der Waals surface area contributed by atoms with Crippen molar-refractivity contribution in [3.05, 3.63) is 25.3 Å². The van der Waals surface area contributed by atoms with Crippen LogP contribution < -0.4 is 5.32 Å². The second-order valence-corrected chi connectivity index (χ2v) is 9.45. The Bertz CT molecular complexity index is 748. The highest BCUT2D eigenvalue weighted by Gasteiger charge is 2.65. The second kappa shape index (κ2) is 6.63. The molecule has 0 heterocycles. The molecular weight excluding hydrogens is 374 g/mol. The average molecular weight is 393 g/mol. The summed E-state index contributed by atoms with van der Waals surface area (Å²) in [6, 6.07) is -1.22. The van der Waals surface area contributed by atoms with Crippen molar-refractivity contribution in [3.63, 3.8) is 0 Å². The van der Waals surface area contributed by atoms with Crippen LogP contribution in [0.25, 0.3) is 0 Å². The fourth-order valence-electron chi connectivity index (χ4n) is 4.27.